The van der Waals surface area contributed by atoms with Gasteiger partial charge in [0.15, 0.2) is 0 Å². The number of hydrogen-bond donors (Lipinski definition) is 1. The second kappa shape index (κ2) is 3.64. The summed E-state index contributed by atoms with van der Waals surface area (Å²) in [6.07, 6.45) is 0. The second-order valence-corrected chi connectivity index (χ2v) is 5.38. The quantitative estimate of drug-likeness (QED) is 0.578. The number of alkyl halides is 1. The number of hydrogen-bond acceptors (Lipinski definition) is 2. The van der Waals surface area contributed by atoms with Gasteiger partial charge in [0.25, 0.3) is 0 Å². The van der Waals surface area contributed by atoms with Crippen LogP contribution in [0.15, 0.2) is 22.4 Å². The zero-order valence-corrected chi connectivity index (χ0v) is 10.5. The van der Waals surface area contributed by atoms with E-state index in [2.05, 4.69) is 53.7 Å². The van der Waals surface area contributed by atoms with Crippen LogP contribution in [0.2, 0.25) is 0 Å². The maximum atomic E-state index is 4.46. The van der Waals surface area contributed by atoms with E-state index in [1.807, 2.05) is 0 Å². The number of thiophene rings is 1. The van der Waals surface area contributed by atoms with Crippen LogP contribution in [0.25, 0.3) is 10.1 Å². The Bertz CT molecular complexity index is 445. The van der Waals surface area contributed by atoms with E-state index in [4.69, 9.17) is 0 Å². The highest BCUT2D eigenvalue weighted by Crippen LogP contribution is 2.35. The third kappa shape index (κ3) is 1.65. The molecule has 0 saturated carbocycles. The molecule has 0 nitrogen and oxygen atoms in total. The van der Waals surface area contributed by atoms with E-state index in [0.717, 1.165) is 9.54 Å². The maximum Gasteiger partial charge on any atom is 0.0621 e. The van der Waals surface area contributed by atoms with Crippen molar-refractivity contribution in [2.45, 2.75) is 16.5 Å². The highest BCUT2D eigenvalue weighted by atomic mass is 79.9. The SMILES string of the molecule is Cc1ccc2sc(S)c(CBr)c2c1. The minimum Gasteiger partial charge on any atom is -0.132 e. The predicted molar refractivity (Wildman–Crippen MR) is 66.4 cm³/mol. The average molecular weight is 273 g/mol. The number of benzene rings is 1. The lowest BCUT2D eigenvalue weighted by molar-refractivity contribution is 1.42. The fourth-order valence-corrected chi connectivity index (χ4v) is 3.80. The molecule has 1 aromatic heterocycles. The first-order valence-corrected chi connectivity index (χ1v) is 6.38. The lowest BCUT2D eigenvalue weighted by Crippen LogP contribution is -1.76. The largest absolute Gasteiger partial charge is 0.132 e. The highest BCUT2D eigenvalue weighted by molar-refractivity contribution is 9.08. The third-order valence-corrected chi connectivity index (χ3v) is 4.18. The first kappa shape index (κ1) is 9.56. The highest BCUT2D eigenvalue weighted by Gasteiger charge is 2.07. The molecule has 2 aromatic rings. The Morgan fingerprint density at radius 3 is 2.92 bits per heavy atom. The first-order chi connectivity index (χ1) is 6.22. The van der Waals surface area contributed by atoms with Gasteiger partial charge >= 0.3 is 0 Å². The molecule has 0 N–H and O–H groups in total. The Balaban J connectivity index is 2.80. The molecular formula is C10H9BrS2. The van der Waals surface area contributed by atoms with Crippen LogP contribution in [0, 0.1) is 6.92 Å². The smallest absolute Gasteiger partial charge is 0.0621 e. The van der Waals surface area contributed by atoms with Gasteiger partial charge in [-0.2, -0.15) is 0 Å². The van der Waals surface area contributed by atoms with Crippen LogP contribution >= 0.6 is 39.9 Å². The molecule has 0 spiro atoms. The summed E-state index contributed by atoms with van der Waals surface area (Å²) in [5, 5.41) is 2.22. The molecular weight excluding hydrogens is 264 g/mol. The molecule has 0 fully saturated rings. The number of aryl methyl sites for hydroxylation is 1. The fourth-order valence-electron chi connectivity index (χ4n) is 1.38. The average Bonchev–Trinajstić information content (AvgIpc) is 2.40. The summed E-state index contributed by atoms with van der Waals surface area (Å²) in [6, 6.07) is 6.54. The summed E-state index contributed by atoms with van der Waals surface area (Å²) < 4.78 is 2.45. The molecule has 0 aliphatic rings. The van der Waals surface area contributed by atoms with Crippen LogP contribution in [0.5, 0.6) is 0 Å². The summed E-state index contributed by atoms with van der Waals surface area (Å²) in [4.78, 5) is 0. The predicted octanol–water partition coefficient (Wildman–Crippen LogP) is 4.39. The van der Waals surface area contributed by atoms with E-state index < -0.39 is 0 Å². The van der Waals surface area contributed by atoms with Gasteiger partial charge in [-0.1, -0.05) is 33.6 Å². The summed E-state index contributed by atoms with van der Waals surface area (Å²) in [7, 11) is 0. The lowest BCUT2D eigenvalue weighted by Gasteiger charge is -1.95. The zero-order valence-electron chi connectivity index (χ0n) is 7.17. The molecule has 0 radical (unpaired) electrons. The molecule has 0 aliphatic heterocycles. The van der Waals surface area contributed by atoms with E-state index >= 15 is 0 Å². The van der Waals surface area contributed by atoms with E-state index in [1.54, 1.807) is 11.3 Å². The Hall–Kier alpha value is 0.01000. The Labute approximate surface area is 95.5 Å². The topological polar surface area (TPSA) is 0 Å². The van der Waals surface area contributed by atoms with E-state index in [9.17, 15) is 0 Å². The summed E-state index contributed by atoms with van der Waals surface area (Å²) in [6.45, 7) is 2.12. The van der Waals surface area contributed by atoms with Crippen molar-refractivity contribution in [2.75, 3.05) is 0 Å². The van der Waals surface area contributed by atoms with Gasteiger partial charge in [-0.15, -0.1) is 24.0 Å². The van der Waals surface area contributed by atoms with Crippen LogP contribution in [0.3, 0.4) is 0 Å². The van der Waals surface area contributed by atoms with Crippen molar-refractivity contribution >= 4 is 50.0 Å². The van der Waals surface area contributed by atoms with Crippen molar-refractivity contribution in [1.29, 1.82) is 0 Å². The monoisotopic (exact) mass is 272 g/mol. The van der Waals surface area contributed by atoms with E-state index in [0.29, 0.717) is 0 Å². The van der Waals surface area contributed by atoms with Crippen LogP contribution < -0.4 is 0 Å². The number of rotatable bonds is 1. The van der Waals surface area contributed by atoms with Crippen molar-refractivity contribution in [3.8, 4) is 0 Å². The summed E-state index contributed by atoms with van der Waals surface area (Å²) >= 11 is 9.70. The molecule has 0 amide bonds. The van der Waals surface area contributed by atoms with Gasteiger partial charge < -0.3 is 0 Å². The Kier molecular flexibility index (Phi) is 2.67. The van der Waals surface area contributed by atoms with Gasteiger partial charge in [-0.3, -0.25) is 0 Å². The molecule has 0 unspecified atom stereocenters. The minimum atomic E-state index is 0.884. The number of halogens is 1. The molecule has 2 rings (SSSR count). The first-order valence-electron chi connectivity index (χ1n) is 3.99. The van der Waals surface area contributed by atoms with Crippen molar-refractivity contribution in [2.24, 2.45) is 0 Å². The van der Waals surface area contributed by atoms with E-state index in [-0.39, 0.29) is 0 Å². The summed E-state index contributed by atoms with van der Waals surface area (Å²) in [5.74, 6) is 0. The van der Waals surface area contributed by atoms with Gasteiger partial charge in [-0.05, 0) is 23.9 Å². The standard InChI is InChI=1S/C10H9BrS2/c1-6-2-3-9-7(4-6)8(5-11)10(12)13-9/h2-4,12H,5H2,1H3. The number of thiol groups is 1. The van der Waals surface area contributed by atoms with Gasteiger partial charge in [0.2, 0.25) is 0 Å². The Morgan fingerprint density at radius 2 is 2.23 bits per heavy atom. The molecule has 0 saturated heterocycles. The van der Waals surface area contributed by atoms with Crippen molar-refractivity contribution in [3.05, 3.63) is 29.3 Å². The van der Waals surface area contributed by atoms with Gasteiger partial charge in [-0.25, -0.2) is 0 Å². The minimum absolute atomic E-state index is 0.884. The van der Waals surface area contributed by atoms with Gasteiger partial charge in [0, 0.05) is 10.0 Å². The van der Waals surface area contributed by atoms with Gasteiger partial charge in [0.05, 0.1) is 4.21 Å². The van der Waals surface area contributed by atoms with Crippen molar-refractivity contribution in [3.63, 3.8) is 0 Å². The molecule has 3 heteroatoms. The zero-order chi connectivity index (χ0) is 9.42. The van der Waals surface area contributed by atoms with Crippen LogP contribution in [-0.4, -0.2) is 0 Å². The third-order valence-electron chi connectivity index (χ3n) is 2.06. The summed E-state index contributed by atoms with van der Waals surface area (Å²) in [5.41, 5.74) is 2.62. The molecule has 1 aromatic carbocycles. The lowest BCUT2D eigenvalue weighted by atomic mass is 10.1. The normalized spacial score (nSPS) is 11.0. The van der Waals surface area contributed by atoms with Crippen LogP contribution in [-0.2, 0) is 5.33 Å². The molecule has 1 heterocycles. The number of fused-ring (bicyclic) bond motifs is 1. The molecule has 0 atom stereocenters. The molecule has 0 aliphatic carbocycles. The second-order valence-electron chi connectivity index (χ2n) is 3.02. The van der Waals surface area contributed by atoms with Crippen molar-refractivity contribution < 1.29 is 0 Å². The van der Waals surface area contributed by atoms with Gasteiger partial charge in [0.1, 0.15) is 0 Å². The maximum absolute atomic E-state index is 4.46. The Morgan fingerprint density at radius 1 is 1.46 bits per heavy atom. The van der Waals surface area contributed by atoms with Crippen molar-refractivity contribution in [1.82, 2.24) is 0 Å². The van der Waals surface area contributed by atoms with Crippen LogP contribution in [0.1, 0.15) is 11.1 Å². The van der Waals surface area contributed by atoms with E-state index in [1.165, 1.54) is 21.2 Å². The molecule has 68 valence electrons. The molecule has 0 bridgehead atoms. The molecule has 13 heavy (non-hydrogen) atoms. The van der Waals surface area contributed by atoms with Crippen LogP contribution in [0.4, 0.5) is 0 Å². The fraction of sp³-hybridized carbons (Fsp3) is 0.200.